The fourth-order valence-electron chi connectivity index (χ4n) is 4.98. The average molecular weight is 562 g/mol. The average Bonchev–Trinajstić information content (AvgIpc) is 3.06. The number of hydrogen-bond acceptors (Lipinski definition) is 8. The van der Waals surface area contributed by atoms with E-state index in [0.717, 1.165) is 6.07 Å². The Morgan fingerprint density at radius 2 is 1.71 bits per heavy atom. The molecule has 0 saturated carbocycles. The van der Waals surface area contributed by atoms with Gasteiger partial charge in [-0.25, -0.2) is 31.2 Å². The molecule has 2 aromatic carbocycles. The summed E-state index contributed by atoms with van der Waals surface area (Å²) in [5.74, 6) is -1.56. The summed E-state index contributed by atoms with van der Waals surface area (Å²) in [4.78, 5) is 27.4. The van der Waals surface area contributed by atoms with Gasteiger partial charge in [0.1, 0.15) is 17.1 Å². The zero-order valence-electron chi connectivity index (χ0n) is 20.6. The van der Waals surface area contributed by atoms with Crippen molar-refractivity contribution in [3.05, 3.63) is 81.2 Å². The molecule has 1 atom stereocenters. The van der Waals surface area contributed by atoms with Gasteiger partial charge in [0.2, 0.25) is 19.9 Å². The Hall–Kier alpha value is -3.55. The quantitative estimate of drug-likeness (QED) is 0.385. The molecular weight excluding hydrogens is 537 g/mol. The molecule has 0 unspecified atom stereocenters. The van der Waals surface area contributed by atoms with Crippen LogP contribution in [0.5, 0.6) is 0 Å². The van der Waals surface area contributed by atoms with Crippen LogP contribution in [0.25, 0.3) is 0 Å². The van der Waals surface area contributed by atoms with Crippen LogP contribution in [0.3, 0.4) is 0 Å². The van der Waals surface area contributed by atoms with Gasteiger partial charge in [-0.05, 0) is 40.8 Å². The van der Waals surface area contributed by atoms with E-state index in [4.69, 9.17) is 9.56 Å². The van der Waals surface area contributed by atoms with E-state index >= 15 is 0 Å². The number of halogens is 1. The van der Waals surface area contributed by atoms with Crippen LogP contribution in [0.2, 0.25) is 0 Å². The van der Waals surface area contributed by atoms with Crippen LogP contribution in [0.1, 0.15) is 54.1 Å². The molecule has 3 aromatic rings. The molecule has 0 aliphatic carbocycles. The molecule has 0 bridgehead atoms. The summed E-state index contributed by atoms with van der Waals surface area (Å²) in [6, 6.07) is 8.76. The van der Waals surface area contributed by atoms with Crippen molar-refractivity contribution in [2.24, 2.45) is 10.6 Å². The number of hydrogen-bond donors (Lipinski definition) is 2. The molecule has 13 heteroatoms. The molecule has 38 heavy (non-hydrogen) atoms. The molecule has 0 saturated heterocycles. The first-order valence-corrected chi connectivity index (χ1v) is 14.7. The van der Waals surface area contributed by atoms with Crippen molar-refractivity contribution in [1.82, 2.24) is 4.90 Å². The summed E-state index contributed by atoms with van der Waals surface area (Å²) >= 11 is 0. The van der Waals surface area contributed by atoms with E-state index in [2.05, 4.69) is 5.32 Å². The number of nitrogens with two attached hydrogens (primary N) is 1. The van der Waals surface area contributed by atoms with Crippen LogP contribution in [0.15, 0.2) is 61.5 Å². The van der Waals surface area contributed by atoms with Crippen LogP contribution >= 0.6 is 0 Å². The summed E-state index contributed by atoms with van der Waals surface area (Å²) in [5, 5.41) is 8.00. The fourth-order valence-corrected chi connectivity index (χ4v) is 7.24. The largest absolute Gasteiger partial charge is 0.424 e. The maximum absolute atomic E-state index is 13.8. The highest BCUT2D eigenvalue weighted by atomic mass is 32.2. The van der Waals surface area contributed by atoms with Crippen LogP contribution in [-0.4, -0.2) is 27.6 Å². The van der Waals surface area contributed by atoms with E-state index in [1.54, 1.807) is 0 Å². The van der Waals surface area contributed by atoms with Gasteiger partial charge in [0.15, 0.2) is 4.90 Å². The van der Waals surface area contributed by atoms with Crippen molar-refractivity contribution in [2.45, 2.75) is 48.9 Å². The minimum atomic E-state index is -4.51. The lowest BCUT2D eigenvalue weighted by Gasteiger charge is -2.34. The second kappa shape index (κ2) is 8.48. The van der Waals surface area contributed by atoms with Gasteiger partial charge in [0, 0.05) is 6.54 Å². The van der Waals surface area contributed by atoms with Gasteiger partial charge in [-0.3, -0.25) is 4.79 Å². The van der Waals surface area contributed by atoms with Crippen molar-refractivity contribution in [1.29, 1.82) is 0 Å². The van der Waals surface area contributed by atoms with Crippen molar-refractivity contribution in [3.63, 3.8) is 0 Å². The number of sulfonamides is 1. The minimum Gasteiger partial charge on any atom is -0.424 e. The summed E-state index contributed by atoms with van der Waals surface area (Å²) < 4.78 is 69.2. The van der Waals surface area contributed by atoms with Crippen LogP contribution in [-0.2, 0) is 32.2 Å². The van der Waals surface area contributed by atoms with E-state index in [0.29, 0.717) is 5.56 Å². The SMILES string of the molecule is CC(C)(C)[C@H]1c2oc(=O)c3c(c2C(=O)N1Cc1ccc(F)cc1)Nc1ccc(CS(N)(=O)=O)cc1S3(=O)=O. The third-order valence-electron chi connectivity index (χ3n) is 6.46. The molecule has 5 rings (SSSR count). The van der Waals surface area contributed by atoms with Crippen LogP contribution in [0.4, 0.5) is 15.8 Å². The third kappa shape index (κ3) is 4.29. The number of carbonyl (C=O) groups is 1. The predicted molar refractivity (Wildman–Crippen MR) is 135 cm³/mol. The summed E-state index contributed by atoms with van der Waals surface area (Å²) in [6.45, 7) is 5.62. The number of amides is 1. The van der Waals surface area contributed by atoms with Crippen molar-refractivity contribution < 1.29 is 30.4 Å². The molecule has 0 spiro atoms. The van der Waals surface area contributed by atoms with Gasteiger partial charge in [-0.1, -0.05) is 39.0 Å². The smallest absolute Gasteiger partial charge is 0.357 e. The van der Waals surface area contributed by atoms with E-state index in [-0.39, 0.29) is 39.7 Å². The molecule has 10 nitrogen and oxygen atoms in total. The molecular formula is C25H24FN3O7S2. The Morgan fingerprint density at radius 1 is 1.08 bits per heavy atom. The molecule has 2 aliphatic rings. The Labute approximate surface area is 218 Å². The zero-order chi connectivity index (χ0) is 27.8. The number of primary sulfonamides is 1. The van der Waals surface area contributed by atoms with E-state index in [9.17, 15) is 30.8 Å². The zero-order valence-corrected chi connectivity index (χ0v) is 22.2. The number of benzene rings is 2. The topological polar surface area (TPSA) is 157 Å². The fraction of sp³-hybridized carbons (Fsp3) is 0.280. The Balaban J connectivity index is 1.68. The second-order valence-electron chi connectivity index (χ2n) is 10.4. The highest BCUT2D eigenvalue weighted by molar-refractivity contribution is 7.92. The second-order valence-corrected chi connectivity index (χ2v) is 13.9. The lowest BCUT2D eigenvalue weighted by molar-refractivity contribution is 0.0532. The van der Waals surface area contributed by atoms with Gasteiger partial charge < -0.3 is 14.6 Å². The van der Waals surface area contributed by atoms with Gasteiger partial charge in [0.25, 0.3) is 5.91 Å². The molecule has 1 aromatic heterocycles. The molecule has 0 fully saturated rings. The molecule has 2 aliphatic heterocycles. The Morgan fingerprint density at radius 3 is 2.32 bits per heavy atom. The number of fused-ring (bicyclic) bond motifs is 4. The number of nitrogens with one attached hydrogen (secondary N) is 1. The van der Waals surface area contributed by atoms with Crippen LogP contribution < -0.4 is 16.1 Å². The Bertz CT molecular complexity index is 1770. The van der Waals surface area contributed by atoms with Gasteiger partial charge in [-0.2, -0.15) is 0 Å². The van der Waals surface area contributed by atoms with Crippen molar-refractivity contribution in [3.8, 4) is 0 Å². The standard InChI is InChI=1S/C25H24FN3O7S2/c1-25(2,3)22-20-18(23(30)29(22)11-13-4-7-15(26)8-5-13)19-21(24(31)36-20)38(34,35)17-10-14(12-37(27,32)33)6-9-16(17)28-19/h4-10,22,28H,11-12H2,1-3H3,(H2,27,32,33)/t22-/m1/s1. The number of carbonyl (C=O) groups excluding carboxylic acids is 1. The molecule has 200 valence electrons. The monoisotopic (exact) mass is 561 g/mol. The normalized spacial score (nSPS) is 18.0. The maximum Gasteiger partial charge on any atom is 0.357 e. The summed E-state index contributed by atoms with van der Waals surface area (Å²) in [5.41, 5.74) is -1.24. The van der Waals surface area contributed by atoms with E-state index in [1.807, 2.05) is 20.8 Å². The first-order valence-electron chi connectivity index (χ1n) is 11.5. The van der Waals surface area contributed by atoms with Gasteiger partial charge in [0.05, 0.1) is 28.1 Å². The van der Waals surface area contributed by atoms with Gasteiger partial charge >= 0.3 is 5.63 Å². The molecule has 3 N–H and O–H groups in total. The summed E-state index contributed by atoms with van der Waals surface area (Å²) in [7, 11) is -8.45. The highest BCUT2D eigenvalue weighted by Crippen LogP contribution is 2.50. The van der Waals surface area contributed by atoms with E-state index < -0.39 is 59.3 Å². The lowest BCUT2D eigenvalue weighted by Crippen LogP contribution is -2.35. The minimum absolute atomic E-state index is 0.0327. The predicted octanol–water partition coefficient (Wildman–Crippen LogP) is 3.20. The number of rotatable bonds is 4. The first kappa shape index (κ1) is 26.1. The number of sulfone groups is 1. The number of nitrogens with zero attached hydrogens (tertiary/aromatic N) is 1. The van der Waals surface area contributed by atoms with Gasteiger partial charge in [-0.15, -0.1) is 0 Å². The summed E-state index contributed by atoms with van der Waals surface area (Å²) in [6.07, 6.45) is 0. The molecule has 3 heterocycles. The van der Waals surface area contributed by atoms with Crippen molar-refractivity contribution >= 4 is 37.1 Å². The van der Waals surface area contributed by atoms with E-state index in [1.165, 1.54) is 41.3 Å². The lowest BCUT2D eigenvalue weighted by atomic mass is 9.84. The Kier molecular flexibility index (Phi) is 5.82. The maximum atomic E-state index is 13.8. The van der Waals surface area contributed by atoms with Crippen molar-refractivity contribution in [2.75, 3.05) is 5.32 Å². The third-order valence-corrected chi connectivity index (χ3v) is 9.03. The highest BCUT2D eigenvalue weighted by Gasteiger charge is 2.50. The van der Waals surface area contributed by atoms with Crippen LogP contribution in [0, 0.1) is 11.2 Å². The number of anilines is 2. The first-order chi connectivity index (χ1) is 17.6. The molecule has 0 radical (unpaired) electrons. The molecule has 1 amide bonds.